The van der Waals surface area contributed by atoms with E-state index in [1.165, 1.54) is 17.8 Å². The van der Waals surface area contributed by atoms with Gasteiger partial charge in [0.15, 0.2) is 0 Å². The lowest BCUT2D eigenvalue weighted by Crippen LogP contribution is -2.21. The van der Waals surface area contributed by atoms with E-state index in [-0.39, 0.29) is 11.9 Å². The molecule has 2 aromatic carbocycles. The fraction of sp³-hybridized carbons (Fsp3) is 0.250. The first-order valence-corrected chi connectivity index (χ1v) is 8.17. The van der Waals surface area contributed by atoms with Gasteiger partial charge in [0.2, 0.25) is 0 Å². The van der Waals surface area contributed by atoms with Crippen molar-refractivity contribution in [3.63, 3.8) is 0 Å². The van der Waals surface area contributed by atoms with Crippen molar-refractivity contribution in [1.82, 2.24) is 0 Å². The molecule has 0 heterocycles. The Morgan fingerprint density at radius 1 is 1.25 bits per heavy atom. The van der Waals surface area contributed by atoms with E-state index in [0.717, 1.165) is 21.4 Å². The Bertz CT molecular complexity index is 588. The third kappa shape index (κ3) is 4.08. The van der Waals surface area contributed by atoms with E-state index in [0.29, 0.717) is 11.3 Å². The Morgan fingerprint density at radius 3 is 2.70 bits per heavy atom. The standard InChI is InChI=1S/C16H17BrFNS/c1-2-13(19)9-11-5-3-8-15(18)16(11)20-14-7-4-6-12(17)10-14/h3-8,10,13H,2,9,19H2,1H3. The lowest BCUT2D eigenvalue weighted by molar-refractivity contribution is 0.585. The molecule has 2 N–H and O–H groups in total. The second-order valence-electron chi connectivity index (χ2n) is 4.66. The summed E-state index contributed by atoms with van der Waals surface area (Å²) >= 11 is 4.88. The third-order valence-corrected chi connectivity index (χ3v) is 4.72. The average Bonchev–Trinajstić information content (AvgIpc) is 2.42. The molecule has 0 bridgehead atoms. The first kappa shape index (κ1) is 15.5. The van der Waals surface area contributed by atoms with Crippen LogP contribution in [0.2, 0.25) is 0 Å². The number of benzene rings is 2. The number of halogens is 2. The molecule has 4 heteroatoms. The summed E-state index contributed by atoms with van der Waals surface area (Å²) in [5, 5.41) is 0. The molecular weight excluding hydrogens is 337 g/mol. The van der Waals surface area contributed by atoms with Crippen LogP contribution in [0.4, 0.5) is 4.39 Å². The van der Waals surface area contributed by atoms with Crippen molar-refractivity contribution in [2.24, 2.45) is 5.73 Å². The van der Waals surface area contributed by atoms with E-state index >= 15 is 0 Å². The summed E-state index contributed by atoms with van der Waals surface area (Å²) in [6.45, 7) is 2.05. The number of hydrogen-bond donors (Lipinski definition) is 1. The van der Waals surface area contributed by atoms with Crippen LogP contribution in [-0.4, -0.2) is 6.04 Å². The van der Waals surface area contributed by atoms with Crippen molar-refractivity contribution >= 4 is 27.7 Å². The third-order valence-electron chi connectivity index (χ3n) is 3.07. The predicted octanol–water partition coefficient (Wildman–Crippen LogP) is 5.02. The molecule has 0 aliphatic carbocycles. The molecular formula is C16H17BrFNS. The summed E-state index contributed by atoms with van der Waals surface area (Å²) in [6, 6.07) is 13.1. The van der Waals surface area contributed by atoms with Crippen molar-refractivity contribution in [2.45, 2.75) is 35.6 Å². The highest BCUT2D eigenvalue weighted by molar-refractivity contribution is 9.10. The van der Waals surface area contributed by atoms with Crippen LogP contribution in [0, 0.1) is 5.82 Å². The van der Waals surface area contributed by atoms with Crippen LogP contribution >= 0.6 is 27.7 Å². The zero-order valence-corrected chi connectivity index (χ0v) is 13.7. The molecule has 0 aliphatic rings. The number of rotatable bonds is 5. The Labute approximate surface area is 131 Å². The second-order valence-corrected chi connectivity index (χ2v) is 6.66. The summed E-state index contributed by atoms with van der Waals surface area (Å²) in [4.78, 5) is 1.69. The summed E-state index contributed by atoms with van der Waals surface area (Å²) in [5.41, 5.74) is 6.98. The monoisotopic (exact) mass is 353 g/mol. The van der Waals surface area contributed by atoms with E-state index in [4.69, 9.17) is 5.73 Å². The fourth-order valence-electron chi connectivity index (χ4n) is 1.90. The number of nitrogens with two attached hydrogens (primary N) is 1. The van der Waals surface area contributed by atoms with Gasteiger partial charge in [0.25, 0.3) is 0 Å². The SMILES string of the molecule is CCC(N)Cc1cccc(F)c1Sc1cccc(Br)c1. The van der Waals surface area contributed by atoms with E-state index in [1.54, 1.807) is 6.07 Å². The molecule has 1 unspecified atom stereocenters. The summed E-state index contributed by atoms with van der Waals surface area (Å²) in [5.74, 6) is -0.184. The van der Waals surface area contributed by atoms with Crippen molar-refractivity contribution in [1.29, 1.82) is 0 Å². The summed E-state index contributed by atoms with van der Waals surface area (Å²) < 4.78 is 15.1. The summed E-state index contributed by atoms with van der Waals surface area (Å²) in [7, 11) is 0. The van der Waals surface area contributed by atoms with Gasteiger partial charge in [0.05, 0.1) is 4.90 Å². The molecule has 0 amide bonds. The highest BCUT2D eigenvalue weighted by atomic mass is 79.9. The Balaban J connectivity index is 2.30. The predicted molar refractivity (Wildman–Crippen MR) is 86.6 cm³/mol. The second kappa shape index (κ2) is 7.25. The molecule has 2 aromatic rings. The Morgan fingerprint density at radius 2 is 2.00 bits per heavy atom. The van der Waals surface area contributed by atoms with E-state index in [9.17, 15) is 4.39 Å². The molecule has 0 saturated carbocycles. The van der Waals surface area contributed by atoms with Gasteiger partial charge in [-0.25, -0.2) is 4.39 Å². The van der Waals surface area contributed by atoms with Crippen molar-refractivity contribution in [3.8, 4) is 0 Å². The molecule has 0 aromatic heterocycles. The highest BCUT2D eigenvalue weighted by Crippen LogP contribution is 2.34. The first-order chi connectivity index (χ1) is 9.60. The molecule has 0 saturated heterocycles. The molecule has 1 nitrogen and oxygen atoms in total. The first-order valence-electron chi connectivity index (χ1n) is 6.56. The summed E-state index contributed by atoms with van der Waals surface area (Å²) in [6.07, 6.45) is 1.59. The van der Waals surface area contributed by atoms with Gasteiger partial charge >= 0.3 is 0 Å². The molecule has 106 valence electrons. The van der Waals surface area contributed by atoms with Crippen LogP contribution < -0.4 is 5.73 Å². The maximum Gasteiger partial charge on any atom is 0.137 e. The van der Waals surface area contributed by atoms with Crippen LogP contribution in [-0.2, 0) is 6.42 Å². The molecule has 0 radical (unpaired) electrons. The molecule has 1 atom stereocenters. The van der Waals surface area contributed by atoms with Gasteiger partial charge in [-0.15, -0.1) is 0 Å². The lowest BCUT2D eigenvalue weighted by Gasteiger charge is -2.14. The van der Waals surface area contributed by atoms with Gasteiger partial charge in [-0.3, -0.25) is 0 Å². The minimum absolute atomic E-state index is 0.0682. The minimum Gasteiger partial charge on any atom is -0.327 e. The normalized spacial score (nSPS) is 12.4. The molecule has 20 heavy (non-hydrogen) atoms. The van der Waals surface area contributed by atoms with Gasteiger partial charge in [0.1, 0.15) is 5.82 Å². The maximum absolute atomic E-state index is 14.1. The van der Waals surface area contributed by atoms with Gasteiger partial charge in [0, 0.05) is 15.4 Å². The molecule has 2 rings (SSSR count). The average molecular weight is 354 g/mol. The zero-order chi connectivity index (χ0) is 14.5. The van der Waals surface area contributed by atoms with Gasteiger partial charge < -0.3 is 5.73 Å². The largest absolute Gasteiger partial charge is 0.327 e. The topological polar surface area (TPSA) is 26.0 Å². The van der Waals surface area contributed by atoms with Crippen molar-refractivity contribution in [3.05, 3.63) is 58.3 Å². The lowest BCUT2D eigenvalue weighted by atomic mass is 10.0. The zero-order valence-electron chi connectivity index (χ0n) is 11.3. The van der Waals surface area contributed by atoms with Crippen LogP contribution in [0.1, 0.15) is 18.9 Å². The minimum atomic E-state index is -0.184. The van der Waals surface area contributed by atoms with Crippen LogP contribution in [0.25, 0.3) is 0 Å². The molecule has 0 aliphatic heterocycles. The molecule has 0 spiro atoms. The van der Waals surface area contributed by atoms with E-state index in [1.807, 2.05) is 37.3 Å². The highest BCUT2D eigenvalue weighted by Gasteiger charge is 2.12. The number of hydrogen-bond acceptors (Lipinski definition) is 2. The molecule has 0 fully saturated rings. The van der Waals surface area contributed by atoms with Crippen LogP contribution in [0.3, 0.4) is 0 Å². The quantitative estimate of drug-likeness (QED) is 0.816. The van der Waals surface area contributed by atoms with Gasteiger partial charge in [-0.1, -0.05) is 52.8 Å². The fourth-order valence-corrected chi connectivity index (χ4v) is 3.47. The van der Waals surface area contributed by atoms with E-state index in [2.05, 4.69) is 15.9 Å². The van der Waals surface area contributed by atoms with Gasteiger partial charge in [-0.2, -0.15) is 0 Å². The van der Waals surface area contributed by atoms with Crippen molar-refractivity contribution in [2.75, 3.05) is 0 Å². The Hall–Kier alpha value is -0.840. The smallest absolute Gasteiger partial charge is 0.137 e. The Kier molecular flexibility index (Phi) is 5.64. The van der Waals surface area contributed by atoms with Crippen LogP contribution in [0.15, 0.2) is 56.7 Å². The van der Waals surface area contributed by atoms with Crippen LogP contribution in [0.5, 0.6) is 0 Å². The van der Waals surface area contributed by atoms with E-state index < -0.39 is 0 Å². The van der Waals surface area contributed by atoms with Crippen molar-refractivity contribution < 1.29 is 4.39 Å². The maximum atomic E-state index is 14.1. The van der Waals surface area contributed by atoms with Gasteiger partial charge in [-0.05, 0) is 42.7 Å².